The van der Waals surface area contributed by atoms with Crippen molar-refractivity contribution in [3.05, 3.63) is 33.8 Å². The number of benzene rings is 1. The third-order valence-electron chi connectivity index (χ3n) is 2.55. The summed E-state index contributed by atoms with van der Waals surface area (Å²) >= 11 is 12.0. The molecule has 1 aromatic rings. The molecule has 1 fully saturated rings. The van der Waals surface area contributed by atoms with E-state index in [-0.39, 0.29) is 0 Å². The zero-order chi connectivity index (χ0) is 10.7. The summed E-state index contributed by atoms with van der Waals surface area (Å²) in [4.78, 5) is 2.35. The first-order chi connectivity index (χ1) is 7.25. The molecule has 2 nitrogen and oxygen atoms in total. The van der Waals surface area contributed by atoms with Gasteiger partial charge in [-0.05, 0) is 23.8 Å². The van der Waals surface area contributed by atoms with Crippen LogP contribution in [-0.2, 0) is 6.54 Å². The Hall–Kier alpha value is -0.280. The fraction of sp³-hybridized carbons (Fsp3) is 0.455. The van der Waals surface area contributed by atoms with Crippen molar-refractivity contribution in [1.82, 2.24) is 10.2 Å². The summed E-state index contributed by atoms with van der Waals surface area (Å²) in [6, 6.07) is 5.61. The SMILES string of the molecule is Clc1ccc(Cl)c(CN2CC[N]CC2)c1. The molecule has 1 radical (unpaired) electrons. The molecule has 1 heterocycles. The molecule has 1 aromatic carbocycles. The zero-order valence-corrected chi connectivity index (χ0v) is 9.93. The lowest BCUT2D eigenvalue weighted by Crippen LogP contribution is -2.39. The molecule has 1 aliphatic rings. The fourth-order valence-electron chi connectivity index (χ4n) is 1.71. The first-order valence-corrected chi connectivity index (χ1v) is 5.81. The van der Waals surface area contributed by atoms with Crippen molar-refractivity contribution in [2.75, 3.05) is 26.2 Å². The van der Waals surface area contributed by atoms with Crippen LogP contribution in [0.25, 0.3) is 0 Å². The van der Waals surface area contributed by atoms with Crippen LogP contribution in [0.2, 0.25) is 10.0 Å². The molecule has 0 unspecified atom stereocenters. The van der Waals surface area contributed by atoms with E-state index in [0.717, 1.165) is 48.3 Å². The molecule has 0 aromatic heterocycles. The smallest absolute Gasteiger partial charge is 0.0452 e. The number of nitrogens with zero attached hydrogens (tertiary/aromatic N) is 2. The molecule has 1 aliphatic heterocycles. The van der Waals surface area contributed by atoms with Gasteiger partial charge in [0.1, 0.15) is 0 Å². The minimum absolute atomic E-state index is 0.746. The van der Waals surface area contributed by atoms with E-state index in [1.807, 2.05) is 18.2 Å². The largest absolute Gasteiger partial charge is 0.296 e. The molecule has 0 spiro atoms. The van der Waals surface area contributed by atoms with E-state index in [0.29, 0.717) is 0 Å². The molecule has 1 saturated heterocycles. The van der Waals surface area contributed by atoms with Crippen molar-refractivity contribution in [3.63, 3.8) is 0 Å². The van der Waals surface area contributed by atoms with Crippen molar-refractivity contribution in [2.24, 2.45) is 0 Å². The zero-order valence-electron chi connectivity index (χ0n) is 8.42. The standard InChI is InChI=1S/C11H13Cl2N2/c12-10-1-2-11(13)9(7-10)8-15-5-3-14-4-6-15/h1-2,7H,3-6,8H2. The van der Waals surface area contributed by atoms with Crippen LogP contribution in [0.3, 0.4) is 0 Å². The molecule has 2 rings (SSSR count). The fourth-order valence-corrected chi connectivity index (χ4v) is 2.08. The Kier molecular flexibility index (Phi) is 3.87. The lowest BCUT2D eigenvalue weighted by Gasteiger charge is -2.26. The van der Waals surface area contributed by atoms with Crippen molar-refractivity contribution in [1.29, 1.82) is 0 Å². The van der Waals surface area contributed by atoms with Crippen LogP contribution in [0.15, 0.2) is 18.2 Å². The summed E-state index contributed by atoms with van der Waals surface area (Å²) < 4.78 is 0. The van der Waals surface area contributed by atoms with Gasteiger partial charge in [0.25, 0.3) is 0 Å². The van der Waals surface area contributed by atoms with Gasteiger partial charge in [0.2, 0.25) is 0 Å². The number of piperazine rings is 1. The van der Waals surface area contributed by atoms with Crippen LogP contribution in [0.5, 0.6) is 0 Å². The third kappa shape index (κ3) is 3.08. The van der Waals surface area contributed by atoms with Crippen LogP contribution >= 0.6 is 23.2 Å². The Balaban J connectivity index is 2.05. The highest BCUT2D eigenvalue weighted by atomic mass is 35.5. The Bertz CT molecular complexity index is 335. The molecule has 0 bridgehead atoms. The van der Waals surface area contributed by atoms with Crippen molar-refractivity contribution >= 4 is 23.2 Å². The second-order valence-corrected chi connectivity index (χ2v) is 4.53. The maximum atomic E-state index is 6.11. The summed E-state index contributed by atoms with van der Waals surface area (Å²) in [5.74, 6) is 0. The van der Waals surface area contributed by atoms with Gasteiger partial charge in [-0.3, -0.25) is 4.90 Å². The quantitative estimate of drug-likeness (QED) is 0.780. The van der Waals surface area contributed by atoms with Crippen LogP contribution in [0.1, 0.15) is 5.56 Å². The Labute approximate surface area is 100 Å². The topological polar surface area (TPSA) is 17.3 Å². The number of hydrogen-bond donors (Lipinski definition) is 0. The summed E-state index contributed by atoms with van der Waals surface area (Å²) in [6.45, 7) is 4.76. The second-order valence-electron chi connectivity index (χ2n) is 3.68. The van der Waals surface area contributed by atoms with Gasteiger partial charge in [-0.25, -0.2) is 5.32 Å². The summed E-state index contributed by atoms with van der Waals surface area (Å²) in [6.07, 6.45) is 0. The lowest BCUT2D eigenvalue weighted by molar-refractivity contribution is 0.231. The van der Waals surface area contributed by atoms with Gasteiger partial charge in [-0.2, -0.15) is 0 Å². The first-order valence-electron chi connectivity index (χ1n) is 5.05. The van der Waals surface area contributed by atoms with Gasteiger partial charge in [-0.1, -0.05) is 23.2 Å². The summed E-state index contributed by atoms with van der Waals surface area (Å²) in [5.41, 5.74) is 1.10. The highest BCUT2D eigenvalue weighted by Gasteiger charge is 2.12. The molecule has 0 N–H and O–H groups in total. The molecule has 4 heteroatoms. The van der Waals surface area contributed by atoms with E-state index in [4.69, 9.17) is 23.2 Å². The molecule has 0 saturated carbocycles. The van der Waals surface area contributed by atoms with Crippen LogP contribution < -0.4 is 5.32 Å². The summed E-state index contributed by atoms with van der Waals surface area (Å²) in [5, 5.41) is 5.85. The Morgan fingerprint density at radius 2 is 1.93 bits per heavy atom. The molecule has 15 heavy (non-hydrogen) atoms. The highest BCUT2D eigenvalue weighted by molar-refractivity contribution is 6.33. The van der Waals surface area contributed by atoms with Gasteiger partial charge in [0.15, 0.2) is 0 Å². The Morgan fingerprint density at radius 3 is 2.67 bits per heavy atom. The van der Waals surface area contributed by atoms with Crippen molar-refractivity contribution in [2.45, 2.75) is 6.54 Å². The average molecular weight is 244 g/mol. The molecule has 0 atom stereocenters. The molecule has 0 aliphatic carbocycles. The van der Waals surface area contributed by atoms with E-state index < -0.39 is 0 Å². The van der Waals surface area contributed by atoms with Gasteiger partial charge in [-0.15, -0.1) is 0 Å². The minimum atomic E-state index is 0.746. The predicted molar refractivity (Wildman–Crippen MR) is 63.6 cm³/mol. The predicted octanol–water partition coefficient (Wildman–Crippen LogP) is 2.41. The van der Waals surface area contributed by atoms with Gasteiger partial charge in [0.05, 0.1) is 0 Å². The van der Waals surface area contributed by atoms with Crippen molar-refractivity contribution in [3.8, 4) is 0 Å². The molecular weight excluding hydrogens is 231 g/mol. The number of rotatable bonds is 2. The van der Waals surface area contributed by atoms with Gasteiger partial charge >= 0.3 is 0 Å². The second kappa shape index (κ2) is 5.17. The molecule has 0 amide bonds. The van der Waals surface area contributed by atoms with E-state index >= 15 is 0 Å². The van der Waals surface area contributed by atoms with Gasteiger partial charge in [0, 0.05) is 42.8 Å². The maximum absolute atomic E-state index is 6.11. The van der Waals surface area contributed by atoms with Gasteiger partial charge < -0.3 is 0 Å². The van der Waals surface area contributed by atoms with E-state index in [1.54, 1.807) is 0 Å². The monoisotopic (exact) mass is 243 g/mol. The molecular formula is C11H13Cl2N2. The molecule has 81 valence electrons. The average Bonchev–Trinajstić information content (AvgIpc) is 2.25. The van der Waals surface area contributed by atoms with E-state index in [2.05, 4.69) is 10.2 Å². The van der Waals surface area contributed by atoms with Crippen LogP contribution in [0, 0.1) is 0 Å². The highest BCUT2D eigenvalue weighted by Crippen LogP contribution is 2.22. The van der Waals surface area contributed by atoms with Crippen LogP contribution in [-0.4, -0.2) is 31.1 Å². The lowest BCUT2D eigenvalue weighted by atomic mass is 10.2. The number of hydrogen-bond acceptors (Lipinski definition) is 1. The van der Waals surface area contributed by atoms with E-state index in [9.17, 15) is 0 Å². The first kappa shape index (κ1) is 11.2. The maximum Gasteiger partial charge on any atom is 0.0452 e. The van der Waals surface area contributed by atoms with E-state index in [1.165, 1.54) is 0 Å². The van der Waals surface area contributed by atoms with Crippen molar-refractivity contribution < 1.29 is 0 Å². The van der Waals surface area contributed by atoms with Crippen LogP contribution in [0.4, 0.5) is 0 Å². The minimum Gasteiger partial charge on any atom is -0.296 e. The normalized spacial score (nSPS) is 18.0. The third-order valence-corrected chi connectivity index (χ3v) is 3.15. The number of halogens is 2. The Morgan fingerprint density at radius 1 is 1.20 bits per heavy atom. The summed E-state index contributed by atoms with van der Waals surface area (Å²) in [7, 11) is 0.